The van der Waals surface area contributed by atoms with Gasteiger partial charge < -0.3 is 9.88 Å². The van der Waals surface area contributed by atoms with Crippen LogP contribution >= 0.6 is 0 Å². The molecule has 8 heteroatoms. The Balaban J connectivity index is 1.48. The standard InChI is InChI=1S/C18H20N6O2/c1-13-2-5-24-16(10-13)21-11-14(18(24)26)17(25)23-8-6-22(7-9-23)12-15-19-3-4-20-15/h2-5,10-11H,6-9,12H2,1H3,(H,19,20). The molecule has 4 rings (SSSR count). The van der Waals surface area contributed by atoms with Crippen LogP contribution in [-0.2, 0) is 6.54 Å². The molecule has 0 atom stereocenters. The van der Waals surface area contributed by atoms with Crippen molar-refractivity contribution in [2.75, 3.05) is 26.2 Å². The van der Waals surface area contributed by atoms with Gasteiger partial charge in [-0.15, -0.1) is 0 Å². The highest BCUT2D eigenvalue weighted by molar-refractivity contribution is 5.93. The van der Waals surface area contributed by atoms with E-state index in [2.05, 4.69) is 19.9 Å². The molecule has 1 N–H and O–H groups in total. The van der Waals surface area contributed by atoms with Gasteiger partial charge in [0.1, 0.15) is 17.0 Å². The van der Waals surface area contributed by atoms with E-state index in [9.17, 15) is 9.59 Å². The van der Waals surface area contributed by atoms with Crippen molar-refractivity contribution in [3.05, 3.63) is 64.2 Å². The van der Waals surface area contributed by atoms with E-state index in [0.717, 1.165) is 31.0 Å². The molecule has 26 heavy (non-hydrogen) atoms. The summed E-state index contributed by atoms with van der Waals surface area (Å²) in [6.45, 7) is 5.31. The van der Waals surface area contributed by atoms with Crippen LogP contribution in [0, 0.1) is 6.92 Å². The number of fused-ring (bicyclic) bond motifs is 1. The summed E-state index contributed by atoms with van der Waals surface area (Å²) in [4.78, 5) is 41.0. The number of rotatable bonds is 3. The Kier molecular flexibility index (Phi) is 4.26. The maximum Gasteiger partial charge on any atom is 0.270 e. The van der Waals surface area contributed by atoms with Gasteiger partial charge in [-0.25, -0.2) is 9.97 Å². The number of hydrogen-bond acceptors (Lipinski definition) is 5. The SMILES string of the molecule is Cc1ccn2c(=O)c(C(=O)N3CCN(Cc4ncc[nH]4)CC3)cnc2c1. The van der Waals surface area contributed by atoms with Gasteiger partial charge in [-0.05, 0) is 24.6 Å². The summed E-state index contributed by atoms with van der Waals surface area (Å²) in [5.74, 6) is 0.659. The molecule has 0 radical (unpaired) electrons. The second-order valence-corrected chi connectivity index (χ2v) is 6.51. The number of aromatic nitrogens is 4. The van der Waals surface area contributed by atoms with Crippen molar-refractivity contribution in [2.24, 2.45) is 0 Å². The molecular formula is C18H20N6O2. The van der Waals surface area contributed by atoms with E-state index in [4.69, 9.17) is 0 Å². The van der Waals surface area contributed by atoms with Crippen LogP contribution in [0.25, 0.3) is 5.65 Å². The van der Waals surface area contributed by atoms with E-state index in [0.29, 0.717) is 18.7 Å². The second-order valence-electron chi connectivity index (χ2n) is 6.51. The van der Waals surface area contributed by atoms with Gasteiger partial charge in [0, 0.05) is 51.0 Å². The first-order valence-corrected chi connectivity index (χ1v) is 8.60. The number of piperazine rings is 1. The smallest absolute Gasteiger partial charge is 0.270 e. The molecule has 0 spiro atoms. The summed E-state index contributed by atoms with van der Waals surface area (Å²) < 4.78 is 1.42. The van der Waals surface area contributed by atoms with E-state index < -0.39 is 0 Å². The highest BCUT2D eigenvalue weighted by atomic mass is 16.2. The van der Waals surface area contributed by atoms with E-state index in [1.165, 1.54) is 10.6 Å². The molecule has 1 fully saturated rings. The first-order valence-electron chi connectivity index (χ1n) is 8.60. The molecule has 0 aromatic carbocycles. The molecule has 0 saturated carbocycles. The number of carbonyl (C=O) groups is 1. The van der Waals surface area contributed by atoms with Crippen LogP contribution in [0.4, 0.5) is 0 Å². The first-order chi connectivity index (χ1) is 12.6. The van der Waals surface area contributed by atoms with Gasteiger partial charge >= 0.3 is 0 Å². The van der Waals surface area contributed by atoms with Crippen LogP contribution < -0.4 is 5.56 Å². The minimum absolute atomic E-state index is 0.117. The number of hydrogen-bond donors (Lipinski definition) is 1. The lowest BCUT2D eigenvalue weighted by Gasteiger charge is -2.34. The van der Waals surface area contributed by atoms with Crippen LogP contribution in [-0.4, -0.2) is 61.2 Å². The molecule has 3 aromatic rings. The Labute approximate surface area is 150 Å². The topological polar surface area (TPSA) is 86.6 Å². The second kappa shape index (κ2) is 6.72. The van der Waals surface area contributed by atoms with Crippen molar-refractivity contribution in [1.29, 1.82) is 0 Å². The van der Waals surface area contributed by atoms with Crippen molar-refractivity contribution in [3.63, 3.8) is 0 Å². The Morgan fingerprint density at radius 3 is 2.77 bits per heavy atom. The van der Waals surface area contributed by atoms with E-state index in [1.807, 2.05) is 19.1 Å². The molecule has 1 aliphatic heterocycles. The van der Waals surface area contributed by atoms with Gasteiger partial charge in [0.15, 0.2) is 0 Å². The number of amides is 1. The highest BCUT2D eigenvalue weighted by Gasteiger charge is 2.25. The third-order valence-electron chi connectivity index (χ3n) is 4.68. The number of pyridine rings is 1. The minimum Gasteiger partial charge on any atom is -0.348 e. The largest absolute Gasteiger partial charge is 0.348 e. The predicted molar refractivity (Wildman–Crippen MR) is 96.0 cm³/mol. The normalized spacial score (nSPS) is 15.5. The maximum absolute atomic E-state index is 12.8. The van der Waals surface area contributed by atoms with Gasteiger partial charge in [0.2, 0.25) is 0 Å². The highest BCUT2D eigenvalue weighted by Crippen LogP contribution is 2.09. The number of aryl methyl sites for hydroxylation is 1. The van der Waals surface area contributed by atoms with Crippen molar-refractivity contribution in [2.45, 2.75) is 13.5 Å². The number of aromatic amines is 1. The van der Waals surface area contributed by atoms with Gasteiger partial charge in [0.25, 0.3) is 11.5 Å². The molecule has 4 heterocycles. The number of nitrogens with zero attached hydrogens (tertiary/aromatic N) is 5. The Morgan fingerprint density at radius 1 is 1.23 bits per heavy atom. The van der Waals surface area contributed by atoms with Gasteiger partial charge in [-0.3, -0.25) is 18.9 Å². The average molecular weight is 352 g/mol. The lowest BCUT2D eigenvalue weighted by molar-refractivity contribution is 0.0623. The molecule has 1 saturated heterocycles. The number of nitrogens with one attached hydrogen (secondary N) is 1. The molecule has 0 bridgehead atoms. The van der Waals surface area contributed by atoms with Gasteiger partial charge in [-0.2, -0.15) is 0 Å². The fourth-order valence-corrected chi connectivity index (χ4v) is 3.20. The van der Waals surface area contributed by atoms with Crippen LogP contribution in [0.3, 0.4) is 0 Å². The third-order valence-corrected chi connectivity index (χ3v) is 4.68. The molecular weight excluding hydrogens is 332 g/mol. The Bertz CT molecular complexity index is 987. The first kappa shape index (κ1) is 16.5. The molecule has 1 aliphatic rings. The minimum atomic E-state index is -0.321. The maximum atomic E-state index is 12.8. The van der Waals surface area contributed by atoms with Crippen molar-refractivity contribution in [3.8, 4) is 0 Å². The average Bonchev–Trinajstić information content (AvgIpc) is 3.15. The zero-order chi connectivity index (χ0) is 18.1. The lowest BCUT2D eigenvalue weighted by atomic mass is 10.2. The quantitative estimate of drug-likeness (QED) is 0.749. The van der Waals surface area contributed by atoms with Crippen LogP contribution in [0.2, 0.25) is 0 Å². The third kappa shape index (κ3) is 3.11. The molecule has 0 aliphatic carbocycles. The number of H-pyrrole nitrogens is 1. The Hall–Kier alpha value is -3.00. The summed E-state index contributed by atoms with van der Waals surface area (Å²) in [7, 11) is 0. The summed E-state index contributed by atoms with van der Waals surface area (Å²) in [5.41, 5.74) is 1.36. The summed E-state index contributed by atoms with van der Waals surface area (Å²) >= 11 is 0. The fourth-order valence-electron chi connectivity index (χ4n) is 3.20. The molecule has 8 nitrogen and oxygen atoms in total. The number of carbonyl (C=O) groups excluding carboxylic acids is 1. The zero-order valence-electron chi connectivity index (χ0n) is 14.6. The molecule has 1 amide bonds. The van der Waals surface area contributed by atoms with E-state index in [1.54, 1.807) is 23.5 Å². The predicted octanol–water partition coefficient (Wildman–Crippen LogP) is 0.684. The Morgan fingerprint density at radius 2 is 2.04 bits per heavy atom. The zero-order valence-corrected chi connectivity index (χ0v) is 14.6. The molecule has 3 aromatic heterocycles. The van der Waals surface area contributed by atoms with E-state index >= 15 is 0 Å². The van der Waals surface area contributed by atoms with Crippen molar-refractivity contribution < 1.29 is 4.79 Å². The van der Waals surface area contributed by atoms with Crippen molar-refractivity contribution >= 4 is 11.6 Å². The van der Waals surface area contributed by atoms with Crippen molar-refractivity contribution in [1.82, 2.24) is 29.2 Å². The fraction of sp³-hybridized carbons (Fsp3) is 0.333. The lowest BCUT2D eigenvalue weighted by Crippen LogP contribution is -2.49. The summed E-state index contributed by atoms with van der Waals surface area (Å²) in [6, 6.07) is 3.65. The monoisotopic (exact) mass is 352 g/mol. The summed E-state index contributed by atoms with van der Waals surface area (Å²) in [5, 5.41) is 0. The molecule has 0 unspecified atom stereocenters. The van der Waals surface area contributed by atoms with Gasteiger partial charge in [0.05, 0.1) is 6.54 Å². The van der Waals surface area contributed by atoms with E-state index in [-0.39, 0.29) is 17.0 Å². The van der Waals surface area contributed by atoms with Gasteiger partial charge in [-0.1, -0.05) is 0 Å². The van der Waals surface area contributed by atoms with Crippen LogP contribution in [0.5, 0.6) is 0 Å². The van der Waals surface area contributed by atoms with Crippen LogP contribution in [0.15, 0.2) is 41.7 Å². The number of imidazole rings is 1. The summed E-state index contributed by atoms with van der Waals surface area (Å²) in [6.07, 6.45) is 6.60. The van der Waals surface area contributed by atoms with Crippen LogP contribution in [0.1, 0.15) is 21.7 Å². The molecule has 134 valence electrons.